The van der Waals surface area contributed by atoms with Crippen molar-refractivity contribution in [2.45, 2.75) is 43.5 Å². The summed E-state index contributed by atoms with van der Waals surface area (Å²) in [7, 11) is -2.99. The van der Waals surface area contributed by atoms with Crippen molar-refractivity contribution in [3.05, 3.63) is 35.4 Å². The summed E-state index contributed by atoms with van der Waals surface area (Å²) in [5.74, 6) is 0.0590. The van der Waals surface area contributed by atoms with Crippen molar-refractivity contribution in [2.75, 3.05) is 11.5 Å². The molecule has 1 aliphatic heterocycles. The normalized spacial score (nSPS) is 20.5. The van der Waals surface area contributed by atoms with Gasteiger partial charge in [0.05, 0.1) is 27.3 Å². The third kappa shape index (κ3) is 4.15. The highest BCUT2D eigenvalue weighted by atomic mass is 32.2. The van der Waals surface area contributed by atoms with Crippen molar-refractivity contribution in [1.29, 1.82) is 0 Å². The van der Waals surface area contributed by atoms with Crippen molar-refractivity contribution in [3.8, 4) is 0 Å². The summed E-state index contributed by atoms with van der Waals surface area (Å²) in [6.45, 7) is 5.89. The SMILES string of the molecule is Cc1cc(S[C@H](C)C(=O)N[C@H]2CCS(=O)(=O)C2)nc2c(C)cccc12. The quantitative estimate of drug-likeness (QED) is 0.828. The van der Waals surface area contributed by atoms with E-state index >= 15 is 0 Å². The van der Waals surface area contributed by atoms with Crippen LogP contribution in [0, 0.1) is 13.8 Å². The third-order valence-electron chi connectivity index (χ3n) is 4.47. The number of sulfone groups is 1. The summed E-state index contributed by atoms with van der Waals surface area (Å²) in [5.41, 5.74) is 3.20. The maximum Gasteiger partial charge on any atom is 0.233 e. The first-order valence-electron chi connectivity index (χ1n) is 8.29. The van der Waals surface area contributed by atoms with E-state index in [4.69, 9.17) is 4.98 Å². The van der Waals surface area contributed by atoms with E-state index in [0.29, 0.717) is 6.42 Å². The summed E-state index contributed by atoms with van der Waals surface area (Å²) in [5, 5.41) is 4.44. The number of para-hydroxylation sites is 1. The van der Waals surface area contributed by atoms with Crippen molar-refractivity contribution in [2.24, 2.45) is 0 Å². The van der Waals surface area contributed by atoms with E-state index in [9.17, 15) is 13.2 Å². The van der Waals surface area contributed by atoms with Crippen molar-refractivity contribution >= 4 is 38.4 Å². The van der Waals surface area contributed by atoms with Crippen LogP contribution in [0.2, 0.25) is 0 Å². The molecule has 1 aromatic carbocycles. The molecule has 1 amide bonds. The molecule has 0 radical (unpaired) electrons. The van der Waals surface area contributed by atoms with E-state index in [1.54, 1.807) is 0 Å². The molecule has 25 heavy (non-hydrogen) atoms. The lowest BCUT2D eigenvalue weighted by Crippen LogP contribution is -2.39. The van der Waals surface area contributed by atoms with Gasteiger partial charge in [0.1, 0.15) is 0 Å². The molecule has 134 valence electrons. The fourth-order valence-electron chi connectivity index (χ4n) is 3.05. The minimum absolute atomic E-state index is 0.0443. The number of rotatable bonds is 4. The van der Waals surface area contributed by atoms with Crippen LogP contribution in [0.5, 0.6) is 0 Å². The highest BCUT2D eigenvalue weighted by Crippen LogP contribution is 2.28. The average Bonchev–Trinajstić information content (AvgIpc) is 2.87. The van der Waals surface area contributed by atoms with Gasteiger partial charge in [-0.25, -0.2) is 13.4 Å². The lowest BCUT2D eigenvalue weighted by Gasteiger charge is -2.16. The predicted octanol–water partition coefficient (Wildman–Crippen LogP) is 2.64. The van der Waals surface area contributed by atoms with Gasteiger partial charge in [0.15, 0.2) is 9.84 Å². The molecule has 0 unspecified atom stereocenters. The Morgan fingerprint density at radius 1 is 1.32 bits per heavy atom. The first-order valence-corrected chi connectivity index (χ1v) is 11.0. The molecular formula is C18H22N2O3S2. The van der Waals surface area contributed by atoms with Gasteiger partial charge in [-0.3, -0.25) is 4.79 Å². The van der Waals surface area contributed by atoms with Crippen molar-refractivity contribution in [3.63, 3.8) is 0 Å². The van der Waals surface area contributed by atoms with Crippen LogP contribution in [-0.2, 0) is 14.6 Å². The minimum atomic E-state index is -2.99. The number of aryl methyl sites for hydroxylation is 2. The van der Waals surface area contributed by atoms with E-state index in [0.717, 1.165) is 27.1 Å². The van der Waals surface area contributed by atoms with E-state index in [1.807, 2.05) is 39.0 Å². The number of aromatic nitrogens is 1. The molecule has 0 saturated carbocycles. The van der Waals surface area contributed by atoms with Gasteiger partial charge in [-0.15, -0.1) is 0 Å². The number of benzene rings is 1. The van der Waals surface area contributed by atoms with E-state index < -0.39 is 9.84 Å². The average molecular weight is 379 g/mol. The van der Waals surface area contributed by atoms with Crippen LogP contribution < -0.4 is 5.32 Å². The molecular weight excluding hydrogens is 356 g/mol. The monoisotopic (exact) mass is 378 g/mol. The van der Waals surface area contributed by atoms with Crippen LogP contribution in [0.25, 0.3) is 10.9 Å². The summed E-state index contributed by atoms with van der Waals surface area (Å²) >= 11 is 1.40. The van der Waals surface area contributed by atoms with Gasteiger partial charge in [0.25, 0.3) is 0 Å². The molecule has 2 aromatic rings. The second-order valence-electron chi connectivity index (χ2n) is 6.62. The van der Waals surface area contributed by atoms with Gasteiger partial charge < -0.3 is 5.32 Å². The molecule has 1 aromatic heterocycles. The van der Waals surface area contributed by atoms with Gasteiger partial charge in [-0.05, 0) is 44.4 Å². The van der Waals surface area contributed by atoms with Crippen LogP contribution in [-0.4, -0.2) is 42.1 Å². The van der Waals surface area contributed by atoms with E-state index in [2.05, 4.69) is 11.4 Å². The zero-order chi connectivity index (χ0) is 18.2. The highest BCUT2D eigenvalue weighted by Gasteiger charge is 2.30. The molecule has 1 aliphatic rings. The Kier molecular flexibility index (Phi) is 5.06. The highest BCUT2D eigenvalue weighted by molar-refractivity contribution is 8.00. The standard InChI is InChI=1S/C18H22N2O3S2/c1-11-5-4-6-15-12(2)9-16(20-17(11)15)24-13(3)18(21)19-14-7-8-25(22,23)10-14/h4-6,9,13-14H,7-8,10H2,1-3H3,(H,19,21)/t13-,14+/m1/s1. The Labute approximate surface area is 152 Å². The largest absolute Gasteiger partial charge is 0.351 e. The maximum absolute atomic E-state index is 12.4. The number of nitrogens with one attached hydrogen (secondary N) is 1. The maximum atomic E-state index is 12.4. The van der Waals surface area contributed by atoms with Crippen molar-refractivity contribution < 1.29 is 13.2 Å². The molecule has 0 spiro atoms. The topological polar surface area (TPSA) is 76.1 Å². The first kappa shape index (κ1) is 18.2. The number of pyridine rings is 1. The summed E-state index contributed by atoms with van der Waals surface area (Å²) < 4.78 is 23.0. The lowest BCUT2D eigenvalue weighted by atomic mass is 10.1. The minimum Gasteiger partial charge on any atom is -0.351 e. The molecule has 1 fully saturated rings. The first-order chi connectivity index (χ1) is 11.7. The number of fused-ring (bicyclic) bond motifs is 1. The number of nitrogens with zero attached hydrogens (tertiary/aromatic N) is 1. The number of carbonyl (C=O) groups is 1. The Balaban J connectivity index is 1.72. The molecule has 7 heteroatoms. The molecule has 5 nitrogen and oxygen atoms in total. The number of hydrogen-bond acceptors (Lipinski definition) is 5. The number of thioether (sulfide) groups is 1. The van der Waals surface area contributed by atoms with Crippen LogP contribution in [0.1, 0.15) is 24.5 Å². The fraction of sp³-hybridized carbons (Fsp3) is 0.444. The smallest absolute Gasteiger partial charge is 0.233 e. The van der Waals surface area contributed by atoms with Gasteiger partial charge in [-0.2, -0.15) is 0 Å². The van der Waals surface area contributed by atoms with Gasteiger partial charge in [0.2, 0.25) is 5.91 Å². The van der Waals surface area contributed by atoms with Crippen LogP contribution in [0.15, 0.2) is 29.3 Å². The number of amides is 1. The van der Waals surface area contributed by atoms with E-state index in [1.165, 1.54) is 11.8 Å². The van der Waals surface area contributed by atoms with Crippen LogP contribution in [0.3, 0.4) is 0 Å². The Morgan fingerprint density at radius 2 is 2.08 bits per heavy atom. The second kappa shape index (κ2) is 6.96. The number of hydrogen-bond donors (Lipinski definition) is 1. The Morgan fingerprint density at radius 3 is 2.76 bits per heavy atom. The van der Waals surface area contributed by atoms with Crippen LogP contribution in [0.4, 0.5) is 0 Å². The molecule has 3 rings (SSSR count). The van der Waals surface area contributed by atoms with Gasteiger partial charge in [0, 0.05) is 11.4 Å². The van der Waals surface area contributed by atoms with Crippen LogP contribution >= 0.6 is 11.8 Å². The van der Waals surface area contributed by atoms with E-state index in [-0.39, 0.29) is 28.7 Å². The lowest BCUT2D eigenvalue weighted by molar-refractivity contribution is -0.120. The molecule has 1 N–H and O–H groups in total. The third-order valence-corrected chi connectivity index (χ3v) is 7.26. The molecule has 1 saturated heterocycles. The van der Waals surface area contributed by atoms with Gasteiger partial charge >= 0.3 is 0 Å². The molecule has 0 bridgehead atoms. The van der Waals surface area contributed by atoms with Crippen molar-refractivity contribution in [1.82, 2.24) is 10.3 Å². The second-order valence-corrected chi connectivity index (χ2v) is 10.2. The zero-order valence-corrected chi connectivity index (χ0v) is 16.2. The van der Waals surface area contributed by atoms with Gasteiger partial charge in [-0.1, -0.05) is 30.0 Å². The summed E-state index contributed by atoms with van der Waals surface area (Å²) in [6.07, 6.45) is 0.498. The molecule has 2 heterocycles. The molecule has 2 atom stereocenters. The zero-order valence-electron chi connectivity index (χ0n) is 14.6. The molecule has 0 aliphatic carbocycles. The fourth-order valence-corrected chi connectivity index (χ4v) is 5.65. The predicted molar refractivity (Wildman–Crippen MR) is 102 cm³/mol. The summed E-state index contributed by atoms with van der Waals surface area (Å²) in [4.78, 5) is 17.1. The number of carbonyl (C=O) groups excluding carboxylic acids is 1. The Bertz CT molecular complexity index is 925. The Hall–Kier alpha value is -1.60. The summed E-state index contributed by atoms with van der Waals surface area (Å²) in [6, 6.07) is 7.82.